The van der Waals surface area contributed by atoms with Crippen molar-refractivity contribution < 1.29 is 9.53 Å². The number of carbonyl (C=O) groups excluding carboxylic acids is 1. The first-order valence-electron chi connectivity index (χ1n) is 13.1. The van der Waals surface area contributed by atoms with Crippen LogP contribution in [0.3, 0.4) is 0 Å². The summed E-state index contributed by atoms with van der Waals surface area (Å²) in [4.78, 5) is 22.3. The largest absolute Gasteiger partial charge is 0.497 e. The summed E-state index contributed by atoms with van der Waals surface area (Å²) >= 11 is 6.46. The molecular weight excluding hydrogens is 482 g/mol. The number of halogens is 1. The van der Waals surface area contributed by atoms with Crippen LogP contribution in [0.4, 0.5) is 11.4 Å². The van der Waals surface area contributed by atoms with Crippen molar-refractivity contribution in [2.24, 2.45) is 5.41 Å². The lowest BCUT2D eigenvalue weighted by atomic mass is 9.51. The molecule has 1 aromatic heterocycles. The summed E-state index contributed by atoms with van der Waals surface area (Å²) in [5.74, 6) is 0.636. The number of pyridine rings is 1. The van der Waals surface area contributed by atoms with Gasteiger partial charge in [-0.15, -0.1) is 0 Å². The first-order valence-corrected chi connectivity index (χ1v) is 13.5. The molecule has 5 nitrogen and oxygen atoms in total. The maximum atomic E-state index is 14.0. The molecule has 3 aliphatic rings. The van der Waals surface area contributed by atoms with Crippen LogP contribution in [0, 0.1) is 12.3 Å². The summed E-state index contributed by atoms with van der Waals surface area (Å²) in [7, 11) is 5.79. The number of fused-ring (bicyclic) bond motifs is 3. The van der Waals surface area contributed by atoms with E-state index in [9.17, 15) is 4.79 Å². The Labute approximate surface area is 225 Å². The number of hydrogen-bond donors (Lipinski definition) is 0. The van der Waals surface area contributed by atoms with E-state index in [0.717, 1.165) is 49.8 Å². The lowest BCUT2D eigenvalue weighted by Gasteiger charge is -2.55. The molecule has 6 heteroatoms. The van der Waals surface area contributed by atoms with Crippen LogP contribution in [0.15, 0.2) is 60.9 Å². The molecule has 0 unspecified atom stereocenters. The molecule has 1 heterocycles. The van der Waals surface area contributed by atoms with Gasteiger partial charge in [-0.1, -0.05) is 23.7 Å². The number of amides is 1. The van der Waals surface area contributed by atoms with Crippen molar-refractivity contribution in [1.29, 1.82) is 0 Å². The van der Waals surface area contributed by atoms with E-state index in [1.54, 1.807) is 25.6 Å². The van der Waals surface area contributed by atoms with Gasteiger partial charge in [0.05, 0.1) is 7.11 Å². The number of aryl methyl sites for hydroxylation is 1. The molecule has 3 saturated carbocycles. The van der Waals surface area contributed by atoms with Gasteiger partial charge in [-0.2, -0.15) is 0 Å². The van der Waals surface area contributed by atoms with Gasteiger partial charge in [0, 0.05) is 61.1 Å². The molecule has 6 rings (SSSR count). The Morgan fingerprint density at radius 1 is 0.973 bits per heavy atom. The zero-order chi connectivity index (χ0) is 26.2. The van der Waals surface area contributed by atoms with E-state index >= 15 is 0 Å². The Balaban J connectivity index is 1.43. The highest BCUT2D eigenvalue weighted by Gasteiger charge is 2.50. The first-order chi connectivity index (χ1) is 17.7. The van der Waals surface area contributed by atoms with Crippen LogP contribution in [-0.2, 0) is 5.41 Å². The number of nitrogens with zero attached hydrogens (tertiary/aromatic N) is 3. The zero-order valence-corrected chi connectivity index (χ0v) is 23.0. The molecular formula is C31H36ClN3O2. The molecule has 194 valence electrons. The van der Waals surface area contributed by atoms with E-state index in [2.05, 4.69) is 48.2 Å². The first kappa shape index (κ1) is 25.6. The van der Waals surface area contributed by atoms with E-state index in [1.165, 1.54) is 11.3 Å². The van der Waals surface area contributed by atoms with Crippen LogP contribution in [0.2, 0.25) is 5.02 Å². The summed E-state index contributed by atoms with van der Waals surface area (Å²) < 4.78 is 5.49. The standard InChI is InChI=1S/C31H36ClN3O2/c1-22-20-33-16-9-28(22)29(36)35(26-17-24(32)18-27(19-26)37-4)21-30-10-13-31(14-11-30,15-12-30)23-5-7-25(8-6-23)34(2)3/h5-9,16-20H,10-15,21H2,1-4H3. The van der Waals surface area contributed by atoms with Gasteiger partial charge in [-0.25, -0.2) is 0 Å². The minimum absolute atomic E-state index is 0.0136. The topological polar surface area (TPSA) is 45.7 Å². The average molecular weight is 518 g/mol. The summed E-state index contributed by atoms with van der Waals surface area (Å²) in [6.07, 6.45) is 10.2. The fraction of sp³-hybridized carbons (Fsp3) is 0.419. The molecule has 0 atom stereocenters. The van der Waals surface area contributed by atoms with Crippen molar-refractivity contribution in [3.63, 3.8) is 0 Å². The van der Waals surface area contributed by atoms with Gasteiger partial charge < -0.3 is 14.5 Å². The minimum atomic E-state index is -0.0136. The van der Waals surface area contributed by atoms with E-state index in [-0.39, 0.29) is 16.7 Å². The summed E-state index contributed by atoms with van der Waals surface area (Å²) in [6, 6.07) is 16.5. The second kappa shape index (κ2) is 10.0. The molecule has 1 amide bonds. The third-order valence-corrected chi connectivity index (χ3v) is 9.01. The molecule has 0 saturated heterocycles. The fourth-order valence-corrected chi connectivity index (χ4v) is 6.56. The van der Waals surface area contributed by atoms with Crippen LogP contribution >= 0.6 is 11.6 Å². The number of methoxy groups -OCH3 is 1. The molecule has 2 aromatic carbocycles. The Morgan fingerprint density at radius 2 is 1.65 bits per heavy atom. The predicted molar refractivity (Wildman–Crippen MR) is 151 cm³/mol. The molecule has 0 N–H and O–H groups in total. The fourth-order valence-electron chi connectivity index (χ4n) is 6.34. The van der Waals surface area contributed by atoms with Gasteiger partial charge in [0.1, 0.15) is 5.75 Å². The monoisotopic (exact) mass is 517 g/mol. The Hall–Kier alpha value is -3.05. The molecule has 0 aliphatic heterocycles. The van der Waals surface area contributed by atoms with Crippen molar-refractivity contribution in [2.75, 3.05) is 37.5 Å². The second-order valence-corrected chi connectivity index (χ2v) is 11.6. The maximum absolute atomic E-state index is 14.0. The SMILES string of the molecule is COc1cc(Cl)cc(N(CC23CCC(c4ccc(N(C)C)cc4)(CC2)CC3)C(=O)c2ccncc2C)c1. The van der Waals surface area contributed by atoms with Crippen LogP contribution < -0.4 is 14.5 Å². The smallest absolute Gasteiger partial charge is 0.258 e. The Bertz CT molecular complexity index is 1260. The zero-order valence-electron chi connectivity index (χ0n) is 22.3. The molecule has 3 fully saturated rings. The highest BCUT2D eigenvalue weighted by molar-refractivity contribution is 6.31. The number of carbonyl (C=O) groups is 1. The molecule has 0 spiro atoms. The van der Waals surface area contributed by atoms with Crippen molar-refractivity contribution in [3.8, 4) is 5.75 Å². The van der Waals surface area contributed by atoms with Gasteiger partial charge in [-0.05, 0) is 97.7 Å². The third kappa shape index (κ3) is 4.94. The van der Waals surface area contributed by atoms with Gasteiger partial charge in [-0.3, -0.25) is 9.78 Å². The van der Waals surface area contributed by atoms with Gasteiger partial charge in [0.2, 0.25) is 0 Å². The number of aromatic nitrogens is 1. The minimum Gasteiger partial charge on any atom is -0.497 e. The van der Waals surface area contributed by atoms with E-state index < -0.39 is 0 Å². The third-order valence-electron chi connectivity index (χ3n) is 8.79. The lowest BCUT2D eigenvalue weighted by Crippen LogP contribution is -2.50. The van der Waals surface area contributed by atoms with Crippen molar-refractivity contribution in [1.82, 2.24) is 4.98 Å². The quantitative estimate of drug-likeness (QED) is 0.336. The molecule has 3 aromatic rings. The van der Waals surface area contributed by atoms with Crippen LogP contribution in [0.1, 0.15) is 60.0 Å². The average Bonchev–Trinajstić information content (AvgIpc) is 2.92. The van der Waals surface area contributed by atoms with E-state index in [4.69, 9.17) is 16.3 Å². The normalized spacial score (nSPS) is 22.5. The maximum Gasteiger partial charge on any atom is 0.258 e. The summed E-state index contributed by atoms with van der Waals surface area (Å²) in [5, 5.41) is 0.559. The highest BCUT2D eigenvalue weighted by atomic mass is 35.5. The van der Waals surface area contributed by atoms with Crippen LogP contribution in [-0.4, -0.2) is 38.6 Å². The second-order valence-electron chi connectivity index (χ2n) is 11.2. The van der Waals surface area contributed by atoms with Gasteiger partial charge >= 0.3 is 0 Å². The highest BCUT2D eigenvalue weighted by Crippen LogP contribution is 2.58. The van der Waals surface area contributed by atoms with Crippen LogP contribution in [0.25, 0.3) is 0 Å². The Kier molecular flexibility index (Phi) is 6.93. The van der Waals surface area contributed by atoms with Crippen molar-refractivity contribution >= 4 is 28.9 Å². The van der Waals surface area contributed by atoms with E-state index in [0.29, 0.717) is 22.9 Å². The molecule has 0 radical (unpaired) electrons. The lowest BCUT2D eigenvalue weighted by molar-refractivity contribution is 0.0442. The van der Waals surface area contributed by atoms with Crippen molar-refractivity contribution in [3.05, 3.63) is 82.6 Å². The van der Waals surface area contributed by atoms with Crippen LogP contribution in [0.5, 0.6) is 5.75 Å². The van der Waals surface area contributed by atoms with Gasteiger partial charge in [0.25, 0.3) is 5.91 Å². The van der Waals surface area contributed by atoms with Gasteiger partial charge in [0.15, 0.2) is 0 Å². The number of benzene rings is 2. The number of rotatable bonds is 7. The summed E-state index contributed by atoms with van der Waals surface area (Å²) in [6.45, 7) is 2.61. The number of anilines is 2. The molecule has 37 heavy (non-hydrogen) atoms. The Morgan fingerprint density at radius 3 is 2.24 bits per heavy atom. The number of ether oxygens (including phenoxy) is 1. The number of hydrogen-bond acceptors (Lipinski definition) is 4. The van der Waals surface area contributed by atoms with Crippen molar-refractivity contribution in [2.45, 2.75) is 50.9 Å². The molecule has 2 bridgehead atoms. The van der Waals surface area contributed by atoms with E-state index in [1.807, 2.05) is 30.0 Å². The summed E-state index contributed by atoms with van der Waals surface area (Å²) in [5.41, 5.74) is 5.37. The molecule has 3 aliphatic carbocycles. The predicted octanol–water partition coefficient (Wildman–Crippen LogP) is 7.06.